The van der Waals surface area contributed by atoms with Crippen molar-refractivity contribution in [3.05, 3.63) is 120 Å². The van der Waals surface area contributed by atoms with Crippen LogP contribution in [-0.4, -0.2) is 38.4 Å². The highest BCUT2D eigenvalue weighted by Crippen LogP contribution is 2.35. The van der Waals surface area contributed by atoms with Crippen molar-refractivity contribution >= 4 is 17.4 Å². The highest BCUT2D eigenvalue weighted by atomic mass is 16.5. The number of nitrogens with zero attached hydrogens (tertiary/aromatic N) is 1. The van der Waals surface area contributed by atoms with Crippen LogP contribution in [0.1, 0.15) is 47.2 Å². The van der Waals surface area contributed by atoms with E-state index in [0.29, 0.717) is 24.4 Å². The van der Waals surface area contributed by atoms with Crippen LogP contribution in [-0.2, 0) is 11.2 Å². The first-order chi connectivity index (χ1) is 20.1. The van der Waals surface area contributed by atoms with Crippen LogP contribution in [0.2, 0.25) is 0 Å². The first-order valence-electron chi connectivity index (χ1n) is 14.5. The number of likely N-dealkylation sites (N-methyl/N-ethyl adjacent to an activating group) is 1. The molecule has 1 amide bonds. The van der Waals surface area contributed by atoms with E-state index in [1.165, 1.54) is 0 Å². The van der Waals surface area contributed by atoms with E-state index in [1.54, 1.807) is 7.11 Å². The van der Waals surface area contributed by atoms with Crippen molar-refractivity contribution in [2.45, 2.75) is 32.1 Å². The Labute approximate surface area is 243 Å². The van der Waals surface area contributed by atoms with Gasteiger partial charge in [0, 0.05) is 42.9 Å². The fourth-order valence-electron chi connectivity index (χ4n) is 6.01. The number of amides is 1. The molecule has 0 radical (unpaired) electrons. The van der Waals surface area contributed by atoms with Crippen molar-refractivity contribution in [3.63, 3.8) is 0 Å². The lowest BCUT2D eigenvalue weighted by Crippen LogP contribution is -2.40. The summed E-state index contributed by atoms with van der Waals surface area (Å²) >= 11 is 0. The molecule has 210 valence electrons. The van der Waals surface area contributed by atoms with Crippen molar-refractivity contribution in [2.24, 2.45) is 5.92 Å². The van der Waals surface area contributed by atoms with Crippen molar-refractivity contribution in [3.8, 4) is 16.9 Å². The molecule has 5 nitrogen and oxygen atoms in total. The van der Waals surface area contributed by atoms with Gasteiger partial charge in [0.2, 0.25) is 5.91 Å². The maximum atomic E-state index is 13.4. The number of Topliss-reactive ketones (excluding diaryl/α,β-unsaturated/α-hetero) is 1. The summed E-state index contributed by atoms with van der Waals surface area (Å²) in [5, 5.41) is 3.05. The molecule has 5 rings (SSSR count). The first kappa shape index (κ1) is 28.2. The lowest BCUT2D eigenvalue weighted by Gasteiger charge is -2.37. The van der Waals surface area contributed by atoms with E-state index in [9.17, 15) is 9.59 Å². The molecule has 41 heavy (non-hydrogen) atoms. The average Bonchev–Trinajstić information content (AvgIpc) is 3.02. The fraction of sp³-hybridized carbons (Fsp3) is 0.278. The number of methoxy groups -OCH3 is 1. The Balaban J connectivity index is 1.24. The Bertz CT molecular complexity index is 1460. The van der Waals surface area contributed by atoms with Crippen LogP contribution in [0.15, 0.2) is 103 Å². The molecule has 1 unspecified atom stereocenters. The fourth-order valence-corrected chi connectivity index (χ4v) is 6.01. The lowest BCUT2D eigenvalue weighted by molar-refractivity contribution is -0.123. The number of ether oxygens (including phenoxy) is 1. The normalized spacial score (nSPS) is 14.3. The Hall–Kier alpha value is -4.38. The third-order valence-corrected chi connectivity index (χ3v) is 8.09. The van der Waals surface area contributed by atoms with Crippen LogP contribution in [0.5, 0.6) is 5.75 Å². The van der Waals surface area contributed by atoms with Crippen LogP contribution in [0.25, 0.3) is 11.1 Å². The van der Waals surface area contributed by atoms with Crippen LogP contribution in [0.4, 0.5) is 5.69 Å². The molecule has 1 fully saturated rings. The molecule has 5 heteroatoms. The molecule has 4 aromatic rings. The van der Waals surface area contributed by atoms with Crippen molar-refractivity contribution < 1.29 is 14.3 Å². The molecule has 1 saturated heterocycles. The number of hydrogen-bond acceptors (Lipinski definition) is 4. The highest BCUT2D eigenvalue weighted by molar-refractivity contribution is 6.04. The van der Waals surface area contributed by atoms with Crippen LogP contribution < -0.4 is 15.0 Å². The van der Waals surface area contributed by atoms with E-state index in [2.05, 4.69) is 46.6 Å². The number of benzene rings is 4. The molecule has 0 aromatic heterocycles. The second-order valence-corrected chi connectivity index (χ2v) is 10.6. The van der Waals surface area contributed by atoms with Gasteiger partial charge in [-0.1, -0.05) is 84.9 Å². The number of anilines is 1. The van der Waals surface area contributed by atoms with Gasteiger partial charge in [0.25, 0.3) is 0 Å². The molecule has 0 bridgehead atoms. The third kappa shape index (κ3) is 6.51. The zero-order valence-electron chi connectivity index (χ0n) is 23.9. The van der Waals surface area contributed by atoms with E-state index < -0.39 is 0 Å². The number of ketones is 1. The quantitative estimate of drug-likeness (QED) is 0.219. The van der Waals surface area contributed by atoms with Gasteiger partial charge in [0.15, 0.2) is 5.78 Å². The van der Waals surface area contributed by atoms with E-state index in [4.69, 9.17) is 4.74 Å². The molecule has 4 aromatic carbocycles. The van der Waals surface area contributed by atoms with Crippen molar-refractivity contribution in [1.29, 1.82) is 0 Å². The van der Waals surface area contributed by atoms with E-state index >= 15 is 0 Å². The number of hydrogen-bond donors (Lipinski definition) is 1. The van der Waals surface area contributed by atoms with Gasteiger partial charge in [-0.15, -0.1) is 0 Å². The van der Waals surface area contributed by atoms with Gasteiger partial charge in [0.1, 0.15) is 5.75 Å². The second kappa shape index (κ2) is 13.3. The van der Waals surface area contributed by atoms with Crippen LogP contribution in [0, 0.1) is 5.92 Å². The lowest BCUT2D eigenvalue weighted by atomic mass is 9.79. The molecular formula is C36H38N2O3. The largest absolute Gasteiger partial charge is 0.496 e. The zero-order valence-corrected chi connectivity index (χ0v) is 23.9. The predicted octanol–water partition coefficient (Wildman–Crippen LogP) is 6.92. The second-order valence-electron chi connectivity index (χ2n) is 10.6. The topological polar surface area (TPSA) is 58.6 Å². The minimum Gasteiger partial charge on any atom is -0.496 e. The van der Waals surface area contributed by atoms with Gasteiger partial charge in [-0.2, -0.15) is 0 Å². The van der Waals surface area contributed by atoms with E-state index in [1.807, 2.05) is 73.7 Å². The van der Waals surface area contributed by atoms with E-state index in [-0.39, 0.29) is 17.6 Å². The number of carbonyl (C=O) groups excluding carboxylic acids is 2. The number of rotatable bonds is 10. The highest BCUT2D eigenvalue weighted by Gasteiger charge is 2.32. The van der Waals surface area contributed by atoms with Gasteiger partial charge >= 0.3 is 0 Å². The summed E-state index contributed by atoms with van der Waals surface area (Å²) in [7, 11) is 1.65. The SMILES string of the molecule is CCNC(=O)C(c1ccccc1)C1CCN(c2ccc(CC(=O)c3ccccc3-c3ccccc3OC)cc2)CC1. The van der Waals surface area contributed by atoms with Crippen LogP contribution in [0.3, 0.4) is 0 Å². The molecule has 1 aliphatic heterocycles. The summed E-state index contributed by atoms with van der Waals surface area (Å²) in [6.07, 6.45) is 2.24. The molecule has 1 aliphatic rings. The molecule has 1 heterocycles. The zero-order chi connectivity index (χ0) is 28.6. The molecule has 0 aliphatic carbocycles. The minimum absolute atomic E-state index is 0.0809. The summed E-state index contributed by atoms with van der Waals surface area (Å²) < 4.78 is 5.55. The van der Waals surface area contributed by atoms with Gasteiger partial charge in [-0.05, 0) is 60.6 Å². The van der Waals surface area contributed by atoms with Crippen LogP contribution >= 0.6 is 0 Å². The molecule has 0 saturated carbocycles. The maximum Gasteiger partial charge on any atom is 0.227 e. The third-order valence-electron chi connectivity index (χ3n) is 8.09. The summed E-state index contributed by atoms with van der Waals surface area (Å²) in [5.74, 6) is 1.14. The molecule has 1 N–H and O–H groups in total. The Morgan fingerprint density at radius 3 is 2.15 bits per heavy atom. The summed E-state index contributed by atoms with van der Waals surface area (Å²) in [6.45, 7) is 4.41. The Morgan fingerprint density at radius 2 is 1.46 bits per heavy atom. The molecular weight excluding hydrogens is 508 g/mol. The number of para-hydroxylation sites is 1. The average molecular weight is 547 g/mol. The van der Waals surface area contributed by atoms with Gasteiger partial charge < -0.3 is 15.0 Å². The summed E-state index contributed by atoms with van der Waals surface area (Å²) in [5.41, 5.74) is 5.74. The molecule has 0 spiro atoms. The summed E-state index contributed by atoms with van der Waals surface area (Å²) in [4.78, 5) is 28.8. The maximum absolute atomic E-state index is 13.4. The smallest absolute Gasteiger partial charge is 0.227 e. The van der Waals surface area contributed by atoms with E-state index in [0.717, 1.165) is 59.6 Å². The number of nitrogens with one attached hydrogen (secondary N) is 1. The predicted molar refractivity (Wildman–Crippen MR) is 166 cm³/mol. The minimum atomic E-state index is -0.120. The molecule has 1 atom stereocenters. The monoisotopic (exact) mass is 546 g/mol. The standard InChI is InChI=1S/C36H38N2O3/c1-3-37-36(40)35(27-11-5-4-6-12-27)28-21-23-38(24-22-28)29-19-17-26(18-20-29)25-33(39)31-14-8-7-13-30(31)32-15-9-10-16-34(32)41-2/h4-20,28,35H,3,21-25H2,1-2H3,(H,37,40). The summed E-state index contributed by atoms with van der Waals surface area (Å²) in [6, 6.07) is 34.1. The van der Waals surface area contributed by atoms with Gasteiger partial charge in [0.05, 0.1) is 13.0 Å². The van der Waals surface area contributed by atoms with Gasteiger partial charge in [-0.25, -0.2) is 0 Å². The van der Waals surface area contributed by atoms with Crippen molar-refractivity contribution in [1.82, 2.24) is 5.32 Å². The van der Waals surface area contributed by atoms with Gasteiger partial charge in [-0.3, -0.25) is 9.59 Å². The number of piperidine rings is 1. The Kier molecular flexibility index (Phi) is 9.15. The Morgan fingerprint density at radius 1 is 0.829 bits per heavy atom. The number of carbonyl (C=O) groups is 2. The van der Waals surface area contributed by atoms with Crippen molar-refractivity contribution in [2.75, 3.05) is 31.6 Å². The first-order valence-corrected chi connectivity index (χ1v) is 14.5.